The van der Waals surface area contributed by atoms with Gasteiger partial charge in [-0.1, -0.05) is 13.8 Å². The molecular weight excluding hydrogens is 312 g/mol. The molecule has 0 unspecified atom stereocenters. The lowest BCUT2D eigenvalue weighted by atomic mass is 10.1. The summed E-state index contributed by atoms with van der Waals surface area (Å²) in [5.41, 5.74) is 1.70. The summed E-state index contributed by atoms with van der Waals surface area (Å²) in [6, 6.07) is 10.0. The fourth-order valence-electron chi connectivity index (χ4n) is 3.36. The van der Waals surface area contributed by atoms with Crippen molar-refractivity contribution in [3.63, 3.8) is 0 Å². The van der Waals surface area contributed by atoms with Gasteiger partial charge in [0, 0.05) is 50.2 Å². The van der Waals surface area contributed by atoms with E-state index in [1.165, 1.54) is 0 Å². The van der Waals surface area contributed by atoms with Gasteiger partial charge in [0.25, 0.3) is 5.91 Å². The molecule has 0 atom stereocenters. The number of carbonyl (C=O) groups excluding carboxylic acids is 1. The summed E-state index contributed by atoms with van der Waals surface area (Å²) in [6.45, 7) is 9.80. The molecule has 25 heavy (non-hydrogen) atoms. The Kier molecular flexibility index (Phi) is 5.87. The number of hydrogen-bond acceptors (Lipinski definition) is 4. The first-order valence-corrected chi connectivity index (χ1v) is 9.38. The number of fused-ring (bicyclic) bond motifs is 1. The van der Waals surface area contributed by atoms with Crippen molar-refractivity contribution in [1.29, 1.82) is 0 Å². The van der Waals surface area contributed by atoms with Crippen molar-refractivity contribution >= 4 is 22.6 Å². The van der Waals surface area contributed by atoms with Crippen LogP contribution in [0.3, 0.4) is 0 Å². The average Bonchev–Trinajstić information content (AvgIpc) is 2.67. The van der Waals surface area contributed by atoms with Crippen LogP contribution in [0.2, 0.25) is 0 Å². The van der Waals surface area contributed by atoms with E-state index in [2.05, 4.69) is 36.2 Å². The number of benzene rings is 1. The van der Waals surface area contributed by atoms with Gasteiger partial charge in [-0.2, -0.15) is 0 Å². The van der Waals surface area contributed by atoms with Crippen molar-refractivity contribution in [2.45, 2.75) is 26.7 Å². The smallest absolute Gasteiger partial charge is 0.253 e. The maximum Gasteiger partial charge on any atom is 0.253 e. The van der Waals surface area contributed by atoms with Crippen molar-refractivity contribution in [3.8, 4) is 0 Å². The Morgan fingerprint density at radius 3 is 2.52 bits per heavy atom. The van der Waals surface area contributed by atoms with Crippen molar-refractivity contribution in [2.24, 2.45) is 0 Å². The molecule has 1 N–H and O–H groups in total. The molecule has 1 aromatic heterocycles. The van der Waals surface area contributed by atoms with Crippen LogP contribution in [0.25, 0.3) is 10.9 Å². The van der Waals surface area contributed by atoms with E-state index >= 15 is 0 Å². The summed E-state index contributed by atoms with van der Waals surface area (Å²) < 4.78 is 0. The predicted octanol–water partition coefficient (Wildman–Crippen LogP) is 2.91. The van der Waals surface area contributed by atoms with Gasteiger partial charge in [-0.15, -0.1) is 0 Å². The monoisotopic (exact) mass is 340 g/mol. The molecule has 1 aliphatic rings. The first-order valence-electron chi connectivity index (χ1n) is 9.38. The molecule has 1 aromatic carbocycles. The van der Waals surface area contributed by atoms with Gasteiger partial charge >= 0.3 is 0 Å². The van der Waals surface area contributed by atoms with Crippen LogP contribution in [0, 0.1) is 0 Å². The SMILES string of the molecule is CCCN(CCC)C(=O)c1ccc2nc(N3CCNCC3)ccc2c1. The second kappa shape index (κ2) is 8.30. The number of anilines is 1. The molecule has 1 amide bonds. The largest absolute Gasteiger partial charge is 0.354 e. The molecule has 3 rings (SSSR count). The normalized spacial score (nSPS) is 14.7. The standard InChI is InChI=1S/C20H28N4O/c1-3-11-24(12-4-2)20(25)17-5-7-18-16(15-17)6-8-19(22-18)23-13-9-21-10-14-23/h5-8,15,21H,3-4,9-14H2,1-2H3. The van der Waals surface area contributed by atoms with Crippen LogP contribution in [0.1, 0.15) is 37.0 Å². The van der Waals surface area contributed by atoms with Crippen LogP contribution in [0.15, 0.2) is 30.3 Å². The third-order valence-corrected chi connectivity index (χ3v) is 4.64. The summed E-state index contributed by atoms with van der Waals surface area (Å²) in [4.78, 5) is 21.8. The van der Waals surface area contributed by atoms with Crippen LogP contribution < -0.4 is 10.2 Å². The minimum absolute atomic E-state index is 0.122. The molecule has 1 fully saturated rings. The summed E-state index contributed by atoms with van der Waals surface area (Å²) in [5, 5.41) is 4.39. The number of carbonyl (C=O) groups is 1. The number of pyridine rings is 1. The fourth-order valence-corrected chi connectivity index (χ4v) is 3.36. The number of amides is 1. The van der Waals surface area contributed by atoms with Gasteiger partial charge in [0.2, 0.25) is 0 Å². The summed E-state index contributed by atoms with van der Waals surface area (Å²) in [7, 11) is 0. The first-order chi connectivity index (χ1) is 12.2. The van der Waals surface area contributed by atoms with Crippen molar-refractivity contribution < 1.29 is 4.79 Å². The molecule has 1 aliphatic heterocycles. The lowest BCUT2D eigenvalue weighted by Gasteiger charge is -2.28. The predicted molar refractivity (Wildman–Crippen MR) is 103 cm³/mol. The van der Waals surface area contributed by atoms with E-state index in [9.17, 15) is 4.79 Å². The molecule has 1 saturated heterocycles. The molecule has 5 heteroatoms. The van der Waals surface area contributed by atoms with E-state index in [1.54, 1.807) is 0 Å². The summed E-state index contributed by atoms with van der Waals surface area (Å²) in [5.74, 6) is 1.14. The number of hydrogen-bond donors (Lipinski definition) is 1. The van der Waals surface area contributed by atoms with Gasteiger partial charge in [-0.25, -0.2) is 4.98 Å². The Balaban J connectivity index is 1.83. The van der Waals surface area contributed by atoms with Gasteiger partial charge < -0.3 is 15.1 Å². The Morgan fingerprint density at radius 2 is 1.84 bits per heavy atom. The Hall–Kier alpha value is -2.14. The fraction of sp³-hybridized carbons (Fsp3) is 0.500. The summed E-state index contributed by atoms with van der Waals surface area (Å²) >= 11 is 0. The van der Waals surface area contributed by atoms with E-state index in [0.29, 0.717) is 0 Å². The van der Waals surface area contributed by atoms with E-state index in [0.717, 1.165) is 74.4 Å². The second-order valence-electron chi connectivity index (χ2n) is 6.61. The minimum atomic E-state index is 0.122. The quantitative estimate of drug-likeness (QED) is 0.878. The molecule has 0 spiro atoms. The lowest BCUT2D eigenvalue weighted by molar-refractivity contribution is 0.0756. The highest BCUT2D eigenvalue weighted by molar-refractivity contribution is 5.98. The van der Waals surface area contributed by atoms with E-state index in [-0.39, 0.29) is 5.91 Å². The van der Waals surface area contributed by atoms with E-state index < -0.39 is 0 Å². The maximum absolute atomic E-state index is 12.8. The zero-order valence-corrected chi connectivity index (χ0v) is 15.3. The molecule has 134 valence electrons. The zero-order chi connectivity index (χ0) is 17.6. The number of rotatable bonds is 6. The third-order valence-electron chi connectivity index (χ3n) is 4.64. The van der Waals surface area contributed by atoms with Crippen LogP contribution >= 0.6 is 0 Å². The first kappa shape index (κ1) is 17.7. The van der Waals surface area contributed by atoms with Crippen LogP contribution in [0.5, 0.6) is 0 Å². The Bertz CT molecular complexity index is 719. The van der Waals surface area contributed by atoms with Crippen molar-refractivity contribution in [1.82, 2.24) is 15.2 Å². The number of piperazine rings is 1. The second-order valence-corrected chi connectivity index (χ2v) is 6.61. The van der Waals surface area contributed by atoms with Crippen molar-refractivity contribution in [2.75, 3.05) is 44.2 Å². The zero-order valence-electron chi connectivity index (χ0n) is 15.3. The molecular formula is C20H28N4O. The molecule has 0 aliphatic carbocycles. The van der Waals surface area contributed by atoms with Gasteiger partial charge in [0.1, 0.15) is 5.82 Å². The van der Waals surface area contributed by atoms with Crippen LogP contribution in [-0.4, -0.2) is 55.1 Å². The molecule has 0 saturated carbocycles. The molecule has 5 nitrogen and oxygen atoms in total. The summed E-state index contributed by atoms with van der Waals surface area (Å²) in [6.07, 6.45) is 1.96. The molecule has 0 radical (unpaired) electrons. The topological polar surface area (TPSA) is 48.5 Å². The highest BCUT2D eigenvalue weighted by atomic mass is 16.2. The van der Waals surface area contributed by atoms with Crippen LogP contribution in [-0.2, 0) is 0 Å². The van der Waals surface area contributed by atoms with Gasteiger partial charge in [-0.05, 0) is 43.2 Å². The van der Waals surface area contributed by atoms with Gasteiger partial charge in [0.05, 0.1) is 5.52 Å². The minimum Gasteiger partial charge on any atom is -0.354 e. The lowest BCUT2D eigenvalue weighted by Crippen LogP contribution is -2.43. The molecule has 0 bridgehead atoms. The maximum atomic E-state index is 12.8. The van der Waals surface area contributed by atoms with Gasteiger partial charge in [0.15, 0.2) is 0 Å². The van der Waals surface area contributed by atoms with Gasteiger partial charge in [-0.3, -0.25) is 4.79 Å². The van der Waals surface area contributed by atoms with Crippen molar-refractivity contribution in [3.05, 3.63) is 35.9 Å². The van der Waals surface area contributed by atoms with E-state index in [4.69, 9.17) is 4.98 Å². The highest BCUT2D eigenvalue weighted by Gasteiger charge is 2.16. The highest BCUT2D eigenvalue weighted by Crippen LogP contribution is 2.20. The average molecular weight is 340 g/mol. The number of nitrogens with zero attached hydrogens (tertiary/aromatic N) is 3. The van der Waals surface area contributed by atoms with E-state index in [1.807, 2.05) is 23.1 Å². The third kappa shape index (κ3) is 4.10. The van der Waals surface area contributed by atoms with Crippen LogP contribution in [0.4, 0.5) is 5.82 Å². The Morgan fingerprint density at radius 1 is 1.12 bits per heavy atom. The number of nitrogens with one attached hydrogen (secondary N) is 1. The Labute approximate surface area is 150 Å². The number of aromatic nitrogens is 1. The molecule has 2 aromatic rings. The molecule has 2 heterocycles.